The van der Waals surface area contributed by atoms with Crippen LogP contribution in [0.2, 0.25) is 0 Å². The van der Waals surface area contributed by atoms with Crippen LogP contribution in [0.3, 0.4) is 0 Å². The maximum Gasteiger partial charge on any atom is 0.262 e. The van der Waals surface area contributed by atoms with E-state index in [-0.39, 0.29) is 28.8 Å². The molecule has 0 saturated heterocycles. The maximum absolute atomic E-state index is 12.9. The van der Waals surface area contributed by atoms with Gasteiger partial charge in [-0.3, -0.25) is 14.2 Å². The van der Waals surface area contributed by atoms with E-state index in [0.29, 0.717) is 35.3 Å². The molecule has 156 valence electrons. The number of ether oxygens (including phenoxy) is 1. The van der Waals surface area contributed by atoms with E-state index in [4.69, 9.17) is 21.4 Å². The van der Waals surface area contributed by atoms with E-state index in [1.165, 1.54) is 4.57 Å². The van der Waals surface area contributed by atoms with Gasteiger partial charge in [-0.25, -0.2) is 0 Å². The predicted molar refractivity (Wildman–Crippen MR) is 118 cm³/mol. The van der Waals surface area contributed by atoms with E-state index >= 15 is 0 Å². The van der Waals surface area contributed by atoms with Crippen molar-refractivity contribution in [2.24, 2.45) is 0 Å². The molecular weight excluding hydrogens is 414 g/mol. The first-order valence-corrected chi connectivity index (χ1v) is 10.3. The second-order valence-corrected chi connectivity index (χ2v) is 7.75. The monoisotopic (exact) mass is 433 g/mol. The summed E-state index contributed by atoms with van der Waals surface area (Å²) in [6.07, 6.45) is 2.24. The molecular formula is C23H19N3O4S. The first-order valence-electron chi connectivity index (χ1n) is 9.92. The van der Waals surface area contributed by atoms with Crippen molar-refractivity contribution in [3.63, 3.8) is 0 Å². The van der Waals surface area contributed by atoms with Gasteiger partial charge in [-0.15, -0.1) is 0 Å². The lowest BCUT2D eigenvalue weighted by molar-refractivity contribution is 0.0925. The molecule has 0 spiro atoms. The molecule has 2 aromatic heterocycles. The summed E-state index contributed by atoms with van der Waals surface area (Å²) in [4.78, 5) is 28.9. The third-order valence-corrected chi connectivity index (χ3v) is 5.72. The van der Waals surface area contributed by atoms with Crippen molar-refractivity contribution in [1.82, 2.24) is 14.9 Å². The molecule has 0 radical (unpaired) electrons. The highest BCUT2D eigenvalue weighted by Crippen LogP contribution is 2.31. The van der Waals surface area contributed by atoms with Crippen molar-refractivity contribution in [2.45, 2.75) is 19.0 Å². The third-order valence-electron chi connectivity index (χ3n) is 5.40. The quantitative estimate of drug-likeness (QED) is 0.476. The number of hydrogen-bond acceptors (Lipinski definition) is 5. The first kappa shape index (κ1) is 19.3. The molecule has 8 heteroatoms. The first-order chi connectivity index (χ1) is 15.1. The zero-order chi connectivity index (χ0) is 21.4. The van der Waals surface area contributed by atoms with Crippen LogP contribution in [0.15, 0.2) is 70.1 Å². The Hall–Kier alpha value is -3.65. The van der Waals surface area contributed by atoms with Gasteiger partial charge >= 0.3 is 0 Å². The molecule has 7 nitrogen and oxygen atoms in total. The number of para-hydroxylation sites is 1. The number of aromatic amines is 1. The summed E-state index contributed by atoms with van der Waals surface area (Å²) in [5.41, 5.74) is 1.69. The number of nitrogens with zero attached hydrogens (tertiary/aromatic N) is 1. The molecule has 4 aromatic rings. The van der Waals surface area contributed by atoms with Crippen LogP contribution < -0.4 is 15.6 Å². The summed E-state index contributed by atoms with van der Waals surface area (Å²) in [7, 11) is 0. The normalized spacial score (nSPS) is 15.3. The molecule has 1 aliphatic heterocycles. The number of nitrogens with one attached hydrogen (secondary N) is 2. The van der Waals surface area contributed by atoms with Crippen LogP contribution in [0.25, 0.3) is 10.9 Å². The fourth-order valence-corrected chi connectivity index (χ4v) is 4.09. The predicted octanol–water partition coefficient (Wildman–Crippen LogP) is 3.95. The Labute approximate surface area is 182 Å². The summed E-state index contributed by atoms with van der Waals surface area (Å²) in [5.74, 6) is 1.20. The average molecular weight is 433 g/mol. The summed E-state index contributed by atoms with van der Waals surface area (Å²) in [6.45, 7) is 0.782. The van der Waals surface area contributed by atoms with Gasteiger partial charge < -0.3 is 19.5 Å². The Bertz CT molecular complexity index is 1390. The number of carbonyl (C=O) groups excluding carboxylic acids is 1. The summed E-state index contributed by atoms with van der Waals surface area (Å²) >= 11 is 5.37. The Kier molecular flexibility index (Phi) is 4.91. The van der Waals surface area contributed by atoms with E-state index in [1.807, 2.05) is 24.3 Å². The van der Waals surface area contributed by atoms with Gasteiger partial charge in [0.05, 0.1) is 36.4 Å². The summed E-state index contributed by atoms with van der Waals surface area (Å²) < 4.78 is 12.7. The Morgan fingerprint density at radius 3 is 2.90 bits per heavy atom. The highest BCUT2D eigenvalue weighted by molar-refractivity contribution is 7.71. The fourth-order valence-electron chi connectivity index (χ4n) is 3.83. The number of fused-ring (bicyclic) bond motifs is 2. The molecule has 0 unspecified atom stereocenters. The van der Waals surface area contributed by atoms with Crippen molar-refractivity contribution in [3.8, 4) is 5.75 Å². The van der Waals surface area contributed by atoms with Gasteiger partial charge in [-0.2, -0.15) is 0 Å². The molecule has 0 fully saturated rings. The minimum atomic E-state index is -0.236. The van der Waals surface area contributed by atoms with Crippen LogP contribution in [0.4, 0.5) is 0 Å². The Balaban J connectivity index is 1.44. The fraction of sp³-hybridized carbons (Fsp3) is 0.174. The largest absolute Gasteiger partial charge is 0.493 e. The van der Waals surface area contributed by atoms with Crippen molar-refractivity contribution in [2.75, 3.05) is 6.61 Å². The van der Waals surface area contributed by atoms with Crippen LogP contribution in [0.5, 0.6) is 5.75 Å². The lowest BCUT2D eigenvalue weighted by Gasteiger charge is -2.26. The standard InChI is InChI=1S/C23H19N3O4S/c27-21(24-18-9-11-30-20-6-2-1-5-16(18)20)14-7-8-17-19(12-14)25-23(31)26(22(17)28)13-15-4-3-10-29-15/h1-8,10,12,18H,9,11,13H2,(H,24,27)(H,25,31)/t18-/m1/s1. The molecule has 31 heavy (non-hydrogen) atoms. The van der Waals surface area contributed by atoms with E-state index in [1.54, 1.807) is 36.6 Å². The van der Waals surface area contributed by atoms with Gasteiger partial charge in [0.1, 0.15) is 11.5 Å². The second kappa shape index (κ2) is 7.88. The van der Waals surface area contributed by atoms with Gasteiger partial charge in [0.2, 0.25) is 0 Å². The minimum Gasteiger partial charge on any atom is -0.493 e. The maximum atomic E-state index is 12.9. The number of rotatable bonds is 4. The number of H-pyrrole nitrogens is 1. The third kappa shape index (κ3) is 3.66. The van der Waals surface area contributed by atoms with Crippen LogP contribution in [-0.2, 0) is 6.54 Å². The molecule has 2 N–H and O–H groups in total. The van der Waals surface area contributed by atoms with Crippen molar-refractivity contribution in [1.29, 1.82) is 0 Å². The second-order valence-electron chi connectivity index (χ2n) is 7.36. The smallest absolute Gasteiger partial charge is 0.262 e. The number of furan rings is 1. The molecule has 3 heterocycles. The number of amides is 1. The molecule has 0 saturated carbocycles. The van der Waals surface area contributed by atoms with Crippen LogP contribution in [0, 0.1) is 4.77 Å². The summed E-state index contributed by atoms with van der Waals surface area (Å²) in [6, 6.07) is 16.1. The van der Waals surface area contributed by atoms with Crippen LogP contribution >= 0.6 is 12.2 Å². The number of carbonyl (C=O) groups is 1. The van der Waals surface area contributed by atoms with Gasteiger partial charge in [0.25, 0.3) is 11.5 Å². The minimum absolute atomic E-state index is 0.132. The zero-order valence-electron chi connectivity index (χ0n) is 16.5. The summed E-state index contributed by atoms with van der Waals surface area (Å²) in [5, 5.41) is 3.52. The number of hydrogen-bond donors (Lipinski definition) is 2. The zero-order valence-corrected chi connectivity index (χ0v) is 17.3. The molecule has 1 aliphatic rings. The lowest BCUT2D eigenvalue weighted by Crippen LogP contribution is -2.32. The molecule has 1 amide bonds. The van der Waals surface area contributed by atoms with Crippen molar-refractivity contribution < 1.29 is 13.9 Å². The van der Waals surface area contributed by atoms with E-state index in [0.717, 1.165) is 11.3 Å². The lowest BCUT2D eigenvalue weighted by atomic mass is 10.00. The van der Waals surface area contributed by atoms with Gasteiger partial charge in [0, 0.05) is 17.5 Å². The Morgan fingerprint density at radius 1 is 1.19 bits per heavy atom. The van der Waals surface area contributed by atoms with Gasteiger partial charge in [-0.05, 0) is 48.6 Å². The molecule has 5 rings (SSSR count). The van der Waals surface area contributed by atoms with E-state index in [2.05, 4.69) is 10.3 Å². The molecule has 0 bridgehead atoms. The average Bonchev–Trinajstić information content (AvgIpc) is 3.30. The van der Waals surface area contributed by atoms with Crippen LogP contribution in [0.1, 0.15) is 34.1 Å². The topological polar surface area (TPSA) is 89.3 Å². The molecule has 1 atom stereocenters. The van der Waals surface area contributed by atoms with E-state index < -0.39 is 0 Å². The highest BCUT2D eigenvalue weighted by atomic mass is 32.1. The van der Waals surface area contributed by atoms with E-state index in [9.17, 15) is 9.59 Å². The van der Waals surface area contributed by atoms with Gasteiger partial charge in [-0.1, -0.05) is 18.2 Å². The number of aromatic nitrogens is 2. The molecule has 2 aromatic carbocycles. The van der Waals surface area contributed by atoms with Gasteiger partial charge in [0.15, 0.2) is 4.77 Å². The number of benzene rings is 2. The molecule has 0 aliphatic carbocycles. The Morgan fingerprint density at radius 2 is 2.06 bits per heavy atom. The van der Waals surface area contributed by atoms with Crippen LogP contribution in [-0.4, -0.2) is 22.1 Å². The van der Waals surface area contributed by atoms with Crippen molar-refractivity contribution >= 4 is 29.0 Å². The van der Waals surface area contributed by atoms with Crippen molar-refractivity contribution in [3.05, 3.63) is 92.9 Å². The highest BCUT2D eigenvalue weighted by Gasteiger charge is 2.23. The SMILES string of the molecule is O=C(N[C@@H]1CCOc2ccccc21)c1ccc2c(=O)n(Cc3ccco3)c(=S)[nH]c2c1.